The largest absolute Gasteiger partial charge is 0.463 e. The van der Waals surface area contributed by atoms with Gasteiger partial charge in [-0.05, 0) is 48.2 Å². The van der Waals surface area contributed by atoms with Crippen molar-refractivity contribution in [2.24, 2.45) is 4.99 Å². The zero-order valence-corrected chi connectivity index (χ0v) is 21.3. The van der Waals surface area contributed by atoms with Gasteiger partial charge in [0.15, 0.2) is 5.17 Å². The van der Waals surface area contributed by atoms with Crippen molar-refractivity contribution in [3.8, 4) is 11.1 Å². The van der Waals surface area contributed by atoms with Gasteiger partial charge in [-0.15, -0.1) is 0 Å². The van der Waals surface area contributed by atoms with E-state index in [4.69, 9.17) is 9.73 Å². The van der Waals surface area contributed by atoms with Crippen molar-refractivity contribution in [1.82, 2.24) is 4.90 Å². The molecule has 3 aromatic rings. The number of carbonyl (C=O) groups is 1. The molecule has 0 bridgehead atoms. The summed E-state index contributed by atoms with van der Waals surface area (Å²) >= 11 is 5.17. The van der Waals surface area contributed by atoms with Crippen LogP contribution in [0.1, 0.15) is 31.0 Å². The highest BCUT2D eigenvalue weighted by atomic mass is 79.9. The van der Waals surface area contributed by atoms with Gasteiger partial charge in [0.05, 0.1) is 29.6 Å². The fraction of sp³-hybridized carbons (Fsp3) is 0.143. The Bertz CT molecular complexity index is 1330. The zero-order chi connectivity index (χ0) is 23.7. The Morgan fingerprint density at radius 2 is 1.71 bits per heavy atom. The van der Waals surface area contributed by atoms with Crippen molar-refractivity contribution < 1.29 is 9.53 Å². The van der Waals surface area contributed by atoms with Crippen LogP contribution in [-0.4, -0.2) is 22.6 Å². The fourth-order valence-corrected chi connectivity index (χ4v) is 5.71. The van der Waals surface area contributed by atoms with Crippen LogP contribution in [0.4, 0.5) is 0 Å². The van der Waals surface area contributed by atoms with Gasteiger partial charge >= 0.3 is 5.97 Å². The number of amidine groups is 1. The van der Waals surface area contributed by atoms with Crippen LogP contribution < -0.4 is 0 Å². The molecule has 5 rings (SSSR count). The monoisotopic (exact) mass is 530 g/mol. The standard InChI is InChI=1S/C28H23BrN2O2S/c1-3-33-27(32)25-18(2)30-28-31(26(25)22-10-7-11-23(29)16-22)24(17-34-28)21-14-12-20(13-15-21)19-8-5-4-6-9-19/h4-17,26H,3H2,1-2H3/t26-/m1/s1. The number of rotatable bonds is 5. The number of nitrogens with zero attached hydrogens (tertiary/aromatic N) is 2. The van der Waals surface area contributed by atoms with Crippen LogP contribution in [-0.2, 0) is 9.53 Å². The van der Waals surface area contributed by atoms with E-state index in [0.717, 1.165) is 32.0 Å². The number of carbonyl (C=O) groups excluding carboxylic acids is 1. The summed E-state index contributed by atoms with van der Waals surface area (Å²) in [5, 5.41) is 2.97. The summed E-state index contributed by atoms with van der Waals surface area (Å²) in [6.45, 7) is 4.02. The number of hydrogen-bond acceptors (Lipinski definition) is 5. The highest BCUT2D eigenvalue weighted by Crippen LogP contribution is 2.47. The number of esters is 1. The number of allylic oxidation sites excluding steroid dienone is 1. The number of fused-ring (bicyclic) bond motifs is 1. The molecule has 6 heteroatoms. The third kappa shape index (κ3) is 4.24. The average molecular weight is 531 g/mol. The van der Waals surface area contributed by atoms with Crippen LogP contribution >= 0.6 is 27.7 Å². The summed E-state index contributed by atoms with van der Waals surface area (Å²) in [5.41, 5.74) is 6.68. The highest BCUT2D eigenvalue weighted by molar-refractivity contribution is 9.10. The van der Waals surface area contributed by atoms with Gasteiger partial charge in [0.1, 0.15) is 0 Å². The maximum absolute atomic E-state index is 13.1. The lowest BCUT2D eigenvalue weighted by molar-refractivity contribution is -0.139. The molecule has 0 fully saturated rings. The van der Waals surface area contributed by atoms with Crippen LogP contribution in [0.25, 0.3) is 16.8 Å². The smallest absolute Gasteiger partial charge is 0.338 e. The van der Waals surface area contributed by atoms with Gasteiger partial charge in [0, 0.05) is 9.88 Å². The summed E-state index contributed by atoms with van der Waals surface area (Å²) in [7, 11) is 0. The summed E-state index contributed by atoms with van der Waals surface area (Å²) in [6.07, 6.45) is 0. The quantitative estimate of drug-likeness (QED) is 0.322. The molecular weight excluding hydrogens is 508 g/mol. The average Bonchev–Trinajstić information content (AvgIpc) is 3.27. The molecule has 1 atom stereocenters. The number of hydrogen-bond donors (Lipinski definition) is 0. The minimum atomic E-state index is -0.334. The Balaban J connectivity index is 1.57. The molecule has 0 aromatic heterocycles. The van der Waals surface area contributed by atoms with Crippen LogP contribution in [0.2, 0.25) is 0 Å². The lowest BCUT2D eigenvalue weighted by atomic mass is 9.93. The lowest BCUT2D eigenvalue weighted by Crippen LogP contribution is -2.36. The van der Waals surface area contributed by atoms with E-state index in [1.807, 2.05) is 50.2 Å². The van der Waals surface area contributed by atoms with Crippen molar-refractivity contribution >= 4 is 44.5 Å². The predicted molar refractivity (Wildman–Crippen MR) is 143 cm³/mol. The van der Waals surface area contributed by atoms with Crippen LogP contribution in [0.15, 0.2) is 105 Å². The van der Waals surface area contributed by atoms with E-state index in [-0.39, 0.29) is 12.0 Å². The lowest BCUT2D eigenvalue weighted by Gasteiger charge is -2.36. The maximum Gasteiger partial charge on any atom is 0.338 e. The van der Waals surface area contributed by atoms with E-state index < -0.39 is 0 Å². The number of ether oxygens (including phenoxy) is 1. The van der Waals surface area contributed by atoms with Crippen molar-refractivity contribution in [3.05, 3.63) is 111 Å². The summed E-state index contributed by atoms with van der Waals surface area (Å²) < 4.78 is 6.42. The molecule has 0 N–H and O–H groups in total. The molecule has 0 aliphatic carbocycles. The summed E-state index contributed by atoms with van der Waals surface area (Å²) in [6, 6.07) is 26.6. The van der Waals surface area contributed by atoms with E-state index in [0.29, 0.717) is 17.9 Å². The zero-order valence-electron chi connectivity index (χ0n) is 18.9. The number of thioether (sulfide) groups is 1. The van der Waals surface area contributed by atoms with Gasteiger partial charge in [-0.25, -0.2) is 9.79 Å². The van der Waals surface area contributed by atoms with Crippen LogP contribution in [0, 0.1) is 0 Å². The van der Waals surface area contributed by atoms with Crippen molar-refractivity contribution in [3.63, 3.8) is 0 Å². The third-order valence-corrected chi connectivity index (χ3v) is 7.21. The molecule has 0 saturated heterocycles. The molecule has 0 saturated carbocycles. The second kappa shape index (κ2) is 9.65. The van der Waals surface area contributed by atoms with E-state index in [9.17, 15) is 4.79 Å². The summed E-state index contributed by atoms with van der Waals surface area (Å²) in [5.74, 6) is -0.330. The van der Waals surface area contributed by atoms with E-state index in [1.165, 1.54) is 5.56 Å². The first kappa shape index (κ1) is 22.7. The van der Waals surface area contributed by atoms with Crippen molar-refractivity contribution in [2.75, 3.05) is 6.61 Å². The normalized spacial score (nSPS) is 17.3. The Kier molecular flexibility index (Phi) is 6.44. The molecular formula is C28H23BrN2O2S. The number of halogens is 1. The fourth-order valence-electron chi connectivity index (χ4n) is 4.32. The van der Waals surface area contributed by atoms with Crippen molar-refractivity contribution in [2.45, 2.75) is 19.9 Å². The predicted octanol–water partition coefficient (Wildman–Crippen LogP) is 7.41. The SMILES string of the molecule is CCOC(=O)C1=C(C)N=C2SC=C(c3ccc(-c4ccccc4)cc3)N2[C@@H]1c1cccc(Br)c1. The maximum atomic E-state index is 13.1. The number of aliphatic imine (C=N–C) groups is 1. The Hall–Kier alpha value is -3.09. The molecule has 170 valence electrons. The molecule has 0 radical (unpaired) electrons. The Labute approximate surface area is 212 Å². The van der Waals surface area contributed by atoms with Gasteiger partial charge in [-0.1, -0.05) is 94.4 Å². The molecule has 3 aromatic carbocycles. The molecule has 4 nitrogen and oxygen atoms in total. The third-order valence-electron chi connectivity index (χ3n) is 5.87. The van der Waals surface area contributed by atoms with Crippen LogP contribution in [0.3, 0.4) is 0 Å². The second-order valence-electron chi connectivity index (χ2n) is 8.01. The highest BCUT2D eigenvalue weighted by Gasteiger charge is 2.41. The molecule has 2 aliphatic heterocycles. The minimum absolute atomic E-state index is 0.315. The Morgan fingerprint density at radius 1 is 1.00 bits per heavy atom. The van der Waals surface area contributed by atoms with E-state index in [1.54, 1.807) is 11.8 Å². The van der Waals surface area contributed by atoms with Crippen LogP contribution in [0.5, 0.6) is 0 Å². The topological polar surface area (TPSA) is 41.9 Å². The molecule has 34 heavy (non-hydrogen) atoms. The minimum Gasteiger partial charge on any atom is -0.463 e. The molecule has 0 amide bonds. The Morgan fingerprint density at radius 3 is 2.41 bits per heavy atom. The number of benzene rings is 3. The van der Waals surface area contributed by atoms with Gasteiger partial charge in [-0.3, -0.25) is 0 Å². The van der Waals surface area contributed by atoms with Gasteiger partial charge in [0.2, 0.25) is 0 Å². The second-order valence-corrected chi connectivity index (χ2v) is 9.76. The van der Waals surface area contributed by atoms with Gasteiger partial charge in [-0.2, -0.15) is 0 Å². The van der Waals surface area contributed by atoms with Crippen molar-refractivity contribution in [1.29, 1.82) is 0 Å². The first-order valence-electron chi connectivity index (χ1n) is 11.1. The van der Waals surface area contributed by atoms with E-state index >= 15 is 0 Å². The molecule has 2 heterocycles. The van der Waals surface area contributed by atoms with E-state index in [2.05, 4.69) is 68.7 Å². The van der Waals surface area contributed by atoms with Gasteiger partial charge < -0.3 is 9.64 Å². The molecule has 0 spiro atoms. The molecule has 2 aliphatic rings. The first-order chi connectivity index (χ1) is 16.6. The van der Waals surface area contributed by atoms with Gasteiger partial charge in [0.25, 0.3) is 0 Å². The first-order valence-corrected chi connectivity index (χ1v) is 12.8. The molecule has 0 unspecified atom stereocenters. The summed E-state index contributed by atoms with van der Waals surface area (Å²) in [4.78, 5) is 20.0.